The molecule has 1 heteroatoms. The van der Waals surface area contributed by atoms with Crippen LogP contribution in [0.3, 0.4) is 0 Å². The molecule has 4 saturated carbocycles. The van der Waals surface area contributed by atoms with Crippen LogP contribution < -0.4 is 0 Å². The van der Waals surface area contributed by atoms with E-state index in [9.17, 15) is 5.11 Å². The van der Waals surface area contributed by atoms with Crippen molar-refractivity contribution in [3.05, 3.63) is 12.2 Å². The van der Waals surface area contributed by atoms with Crippen molar-refractivity contribution in [3.63, 3.8) is 0 Å². The maximum atomic E-state index is 10.1. The minimum absolute atomic E-state index is 0.0141. The standard InChI is InChI=1S/C20H32O/c1-13-4-7-17-16-6-5-14-12-15(21)8-10-20(14,3)18(16)9-11-19(13,17)2/h14-18,21H,1,4-12H2,2-3H3/t14-,15-,16?,17?,18?,19+,20-/m0/s1. The molecule has 0 aromatic carbocycles. The summed E-state index contributed by atoms with van der Waals surface area (Å²) in [6, 6.07) is 0. The second-order valence-electron chi connectivity index (χ2n) is 9.18. The van der Waals surface area contributed by atoms with Gasteiger partial charge in [-0.05, 0) is 92.3 Å². The molecule has 7 atom stereocenters. The highest BCUT2D eigenvalue weighted by Crippen LogP contribution is 2.67. The van der Waals surface area contributed by atoms with E-state index < -0.39 is 0 Å². The van der Waals surface area contributed by atoms with Gasteiger partial charge < -0.3 is 5.11 Å². The van der Waals surface area contributed by atoms with Crippen molar-refractivity contribution in [2.24, 2.45) is 34.5 Å². The Hall–Kier alpha value is -0.300. The fourth-order valence-electron chi connectivity index (χ4n) is 7.14. The molecule has 4 aliphatic carbocycles. The van der Waals surface area contributed by atoms with Crippen LogP contribution in [-0.4, -0.2) is 11.2 Å². The van der Waals surface area contributed by atoms with Crippen molar-refractivity contribution in [2.75, 3.05) is 0 Å². The first-order valence-electron chi connectivity index (χ1n) is 9.31. The topological polar surface area (TPSA) is 20.2 Å². The highest BCUT2D eigenvalue weighted by molar-refractivity contribution is 5.21. The van der Waals surface area contributed by atoms with E-state index >= 15 is 0 Å². The summed E-state index contributed by atoms with van der Waals surface area (Å²) in [5.41, 5.74) is 2.53. The number of hydrogen-bond acceptors (Lipinski definition) is 1. The minimum atomic E-state index is -0.0141. The SMILES string of the molecule is C=C1CCC2C3CC[C@H]4C[C@@H](O)CC[C@]4(C)C3CC[C@]12C. The second-order valence-corrected chi connectivity index (χ2v) is 9.18. The Morgan fingerprint density at radius 1 is 1.00 bits per heavy atom. The molecule has 0 heterocycles. The van der Waals surface area contributed by atoms with Crippen LogP contribution in [0.5, 0.6) is 0 Å². The Morgan fingerprint density at radius 3 is 2.62 bits per heavy atom. The van der Waals surface area contributed by atoms with E-state index in [0.29, 0.717) is 10.8 Å². The molecule has 0 amide bonds. The number of aliphatic hydroxyl groups excluding tert-OH is 1. The van der Waals surface area contributed by atoms with Gasteiger partial charge in [-0.1, -0.05) is 26.0 Å². The molecular formula is C20H32O. The molecule has 0 aromatic heterocycles. The first-order chi connectivity index (χ1) is 9.95. The lowest BCUT2D eigenvalue weighted by atomic mass is 9.45. The third kappa shape index (κ3) is 1.85. The third-order valence-electron chi connectivity index (χ3n) is 8.59. The molecule has 4 aliphatic rings. The van der Waals surface area contributed by atoms with Crippen LogP contribution in [0.15, 0.2) is 12.2 Å². The summed E-state index contributed by atoms with van der Waals surface area (Å²) in [5, 5.41) is 10.1. The predicted molar refractivity (Wildman–Crippen MR) is 86.9 cm³/mol. The van der Waals surface area contributed by atoms with Gasteiger partial charge in [-0.3, -0.25) is 0 Å². The summed E-state index contributed by atoms with van der Waals surface area (Å²) < 4.78 is 0. The fourth-order valence-corrected chi connectivity index (χ4v) is 7.14. The van der Waals surface area contributed by atoms with Gasteiger partial charge in [0.15, 0.2) is 0 Å². The van der Waals surface area contributed by atoms with E-state index in [2.05, 4.69) is 20.4 Å². The summed E-state index contributed by atoms with van der Waals surface area (Å²) in [6.07, 6.45) is 11.6. The van der Waals surface area contributed by atoms with Crippen molar-refractivity contribution in [1.82, 2.24) is 0 Å². The summed E-state index contributed by atoms with van der Waals surface area (Å²) in [5.74, 6) is 3.57. The Kier molecular flexibility index (Phi) is 3.13. The van der Waals surface area contributed by atoms with Crippen molar-refractivity contribution in [3.8, 4) is 0 Å². The minimum Gasteiger partial charge on any atom is -0.393 e. The molecule has 21 heavy (non-hydrogen) atoms. The summed E-state index contributed by atoms with van der Waals surface area (Å²) in [7, 11) is 0. The molecule has 0 spiro atoms. The van der Waals surface area contributed by atoms with Gasteiger partial charge in [0.05, 0.1) is 6.10 Å². The average molecular weight is 288 g/mol. The summed E-state index contributed by atoms with van der Waals surface area (Å²) in [4.78, 5) is 0. The molecule has 1 N–H and O–H groups in total. The van der Waals surface area contributed by atoms with E-state index in [4.69, 9.17) is 0 Å². The Bertz CT molecular complexity index is 455. The van der Waals surface area contributed by atoms with Gasteiger partial charge >= 0.3 is 0 Å². The first-order valence-corrected chi connectivity index (χ1v) is 9.31. The fraction of sp³-hybridized carbons (Fsp3) is 0.900. The van der Waals surface area contributed by atoms with Gasteiger partial charge in [0.2, 0.25) is 0 Å². The van der Waals surface area contributed by atoms with Crippen LogP contribution in [-0.2, 0) is 0 Å². The van der Waals surface area contributed by atoms with Crippen LogP contribution in [0.25, 0.3) is 0 Å². The molecule has 0 aromatic rings. The van der Waals surface area contributed by atoms with Crippen molar-refractivity contribution >= 4 is 0 Å². The van der Waals surface area contributed by atoms with E-state index in [1.165, 1.54) is 44.9 Å². The molecule has 0 aliphatic heterocycles. The number of rotatable bonds is 0. The van der Waals surface area contributed by atoms with Crippen molar-refractivity contribution < 1.29 is 5.11 Å². The molecule has 1 nitrogen and oxygen atoms in total. The molecule has 4 fully saturated rings. The van der Waals surface area contributed by atoms with Crippen LogP contribution in [0.4, 0.5) is 0 Å². The molecule has 3 unspecified atom stereocenters. The zero-order chi connectivity index (χ0) is 14.8. The number of aliphatic hydroxyl groups is 1. The van der Waals surface area contributed by atoms with Gasteiger partial charge in [0, 0.05) is 0 Å². The van der Waals surface area contributed by atoms with Crippen LogP contribution in [0.1, 0.15) is 71.6 Å². The highest BCUT2D eigenvalue weighted by atomic mass is 16.3. The monoisotopic (exact) mass is 288 g/mol. The lowest BCUT2D eigenvalue weighted by Gasteiger charge is -2.60. The van der Waals surface area contributed by atoms with E-state index in [1.54, 1.807) is 5.57 Å². The molecule has 0 radical (unpaired) electrons. The maximum Gasteiger partial charge on any atom is 0.0543 e. The predicted octanol–water partition coefficient (Wildman–Crippen LogP) is 4.95. The Morgan fingerprint density at radius 2 is 1.81 bits per heavy atom. The Labute approximate surface area is 130 Å². The highest BCUT2D eigenvalue weighted by Gasteiger charge is 2.58. The van der Waals surface area contributed by atoms with Gasteiger partial charge in [-0.25, -0.2) is 0 Å². The van der Waals surface area contributed by atoms with Gasteiger partial charge in [0.1, 0.15) is 0 Å². The van der Waals surface area contributed by atoms with Gasteiger partial charge in [0.25, 0.3) is 0 Å². The smallest absolute Gasteiger partial charge is 0.0543 e. The van der Waals surface area contributed by atoms with Crippen LogP contribution >= 0.6 is 0 Å². The lowest BCUT2D eigenvalue weighted by molar-refractivity contribution is -0.116. The summed E-state index contributed by atoms with van der Waals surface area (Å²) >= 11 is 0. The van der Waals surface area contributed by atoms with Crippen molar-refractivity contribution in [1.29, 1.82) is 0 Å². The zero-order valence-electron chi connectivity index (χ0n) is 13.9. The number of allylic oxidation sites excluding steroid dienone is 1. The van der Waals surface area contributed by atoms with Gasteiger partial charge in [-0.15, -0.1) is 0 Å². The Balaban J connectivity index is 1.64. The second kappa shape index (κ2) is 4.60. The quantitative estimate of drug-likeness (QED) is 0.626. The molecular weight excluding hydrogens is 256 g/mol. The maximum absolute atomic E-state index is 10.1. The van der Waals surface area contributed by atoms with E-state index in [0.717, 1.165) is 36.5 Å². The van der Waals surface area contributed by atoms with Crippen LogP contribution in [0, 0.1) is 34.5 Å². The zero-order valence-corrected chi connectivity index (χ0v) is 13.9. The molecule has 4 rings (SSSR count). The molecule has 118 valence electrons. The number of hydrogen-bond donors (Lipinski definition) is 1. The number of fused-ring (bicyclic) bond motifs is 5. The lowest BCUT2D eigenvalue weighted by Crippen LogP contribution is -2.53. The van der Waals surface area contributed by atoms with Gasteiger partial charge in [-0.2, -0.15) is 0 Å². The summed E-state index contributed by atoms with van der Waals surface area (Å²) in [6.45, 7) is 9.52. The van der Waals surface area contributed by atoms with E-state index in [-0.39, 0.29) is 6.10 Å². The molecule has 0 saturated heterocycles. The largest absolute Gasteiger partial charge is 0.393 e. The third-order valence-corrected chi connectivity index (χ3v) is 8.59. The van der Waals surface area contributed by atoms with Crippen molar-refractivity contribution in [2.45, 2.75) is 77.7 Å². The van der Waals surface area contributed by atoms with Crippen LogP contribution in [0.2, 0.25) is 0 Å². The van der Waals surface area contributed by atoms with E-state index in [1.807, 2.05) is 0 Å². The average Bonchev–Trinajstić information content (AvgIpc) is 2.76. The first kappa shape index (κ1) is 14.3. The normalized spacial score (nSPS) is 56.5. The molecule has 0 bridgehead atoms.